The summed E-state index contributed by atoms with van der Waals surface area (Å²) in [7, 11) is 0. The highest BCUT2D eigenvalue weighted by atomic mass is 16.2. The molecule has 0 saturated carbocycles. The quantitative estimate of drug-likeness (QED) is 0.752. The molecule has 3 aromatic rings. The number of rotatable bonds is 3. The van der Waals surface area contributed by atoms with Crippen LogP contribution in [-0.2, 0) is 0 Å². The molecule has 0 spiro atoms. The number of aromatic nitrogens is 3. The molecule has 0 atom stereocenters. The maximum atomic E-state index is 12.5. The smallest absolute Gasteiger partial charge is 0.346 e. The number of hydrogen-bond donors (Lipinski definition) is 1. The molecule has 1 N–H and O–H groups in total. The van der Waals surface area contributed by atoms with Gasteiger partial charge in [0.2, 0.25) is 0 Å². The number of H-pyrrole nitrogens is 1. The Labute approximate surface area is 139 Å². The SMILES string of the molecule is Cc1cc(C=Nn2c(=O)[nH]c3ccccc3c2=O)c(C)n1C(C)C. The monoisotopic (exact) mass is 324 g/mol. The highest BCUT2D eigenvalue weighted by Gasteiger charge is 2.10. The van der Waals surface area contributed by atoms with E-state index in [4.69, 9.17) is 0 Å². The molecular formula is C18H20N4O2. The zero-order valence-electron chi connectivity index (χ0n) is 14.2. The van der Waals surface area contributed by atoms with E-state index in [2.05, 4.69) is 28.5 Å². The first-order valence-electron chi connectivity index (χ1n) is 7.87. The fourth-order valence-corrected chi connectivity index (χ4v) is 3.11. The first kappa shape index (κ1) is 16.0. The van der Waals surface area contributed by atoms with E-state index < -0.39 is 11.2 Å². The molecule has 0 bridgehead atoms. The predicted molar refractivity (Wildman–Crippen MR) is 96.1 cm³/mol. The normalized spacial score (nSPS) is 11.9. The number of nitrogens with one attached hydrogen (secondary N) is 1. The van der Waals surface area contributed by atoms with Crippen molar-refractivity contribution in [1.29, 1.82) is 0 Å². The highest BCUT2D eigenvalue weighted by molar-refractivity contribution is 5.82. The van der Waals surface area contributed by atoms with Gasteiger partial charge in [0.1, 0.15) is 0 Å². The number of aryl methyl sites for hydroxylation is 1. The molecular weight excluding hydrogens is 304 g/mol. The van der Waals surface area contributed by atoms with Crippen LogP contribution in [0.15, 0.2) is 45.0 Å². The van der Waals surface area contributed by atoms with Crippen molar-refractivity contribution < 1.29 is 0 Å². The molecule has 0 radical (unpaired) electrons. The van der Waals surface area contributed by atoms with Crippen LogP contribution >= 0.6 is 0 Å². The van der Waals surface area contributed by atoms with Crippen molar-refractivity contribution in [3.05, 3.63) is 68.1 Å². The van der Waals surface area contributed by atoms with E-state index in [0.717, 1.165) is 21.6 Å². The third kappa shape index (κ3) is 2.60. The maximum Gasteiger partial charge on any atom is 0.349 e. The molecule has 0 unspecified atom stereocenters. The van der Waals surface area contributed by atoms with Gasteiger partial charge in [0.25, 0.3) is 5.56 Å². The lowest BCUT2D eigenvalue weighted by atomic mass is 10.2. The highest BCUT2D eigenvalue weighted by Crippen LogP contribution is 2.18. The zero-order chi connectivity index (χ0) is 17.4. The van der Waals surface area contributed by atoms with Crippen LogP contribution < -0.4 is 11.2 Å². The molecule has 6 nitrogen and oxygen atoms in total. The second kappa shape index (κ2) is 5.96. The van der Waals surface area contributed by atoms with Gasteiger partial charge in [-0.15, -0.1) is 4.68 Å². The molecule has 0 aliphatic carbocycles. The molecule has 2 aromatic heterocycles. The van der Waals surface area contributed by atoms with Crippen molar-refractivity contribution >= 4 is 17.1 Å². The molecule has 0 fully saturated rings. The number of aromatic amines is 1. The first-order valence-corrected chi connectivity index (χ1v) is 7.87. The Balaban J connectivity index is 2.11. The van der Waals surface area contributed by atoms with E-state index in [-0.39, 0.29) is 0 Å². The van der Waals surface area contributed by atoms with Crippen molar-refractivity contribution in [2.75, 3.05) is 0 Å². The molecule has 124 valence electrons. The third-order valence-corrected chi connectivity index (χ3v) is 4.14. The van der Waals surface area contributed by atoms with Crippen molar-refractivity contribution in [2.45, 2.75) is 33.7 Å². The Morgan fingerprint density at radius 1 is 1.17 bits per heavy atom. The number of benzene rings is 1. The van der Waals surface area contributed by atoms with Crippen LogP contribution in [0, 0.1) is 13.8 Å². The maximum absolute atomic E-state index is 12.5. The second-order valence-electron chi connectivity index (χ2n) is 6.13. The first-order chi connectivity index (χ1) is 11.4. The molecule has 0 aliphatic heterocycles. The topological polar surface area (TPSA) is 72.2 Å². The van der Waals surface area contributed by atoms with Crippen molar-refractivity contribution in [1.82, 2.24) is 14.2 Å². The van der Waals surface area contributed by atoms with Crippen molar-refractivity contribution in [3.63, 3.8) is 0 Å². The van der Waals surface area contributed by atoms with E-state index >= 15 is 0 Å². The van der Waals surface area contributed by atoms with Gasteiger partial charge in [-0.25, -0.2) is 4.79 Å². The molecule has 1 aromatic carbocycles. The fraction of sp³-hybridized carbons (Fsp3) is 0.278. The Bertz CT molecular complexity index is 1050. The van der Waals surface area contributed by atoms with E-state index in [9.17, 15) is 9.59 Å². The predicted octanol–water partition coefficient (Wildman–Crippen LogP) is 2.57. The average Bonchev–Trinajstić information content (AvgIpc) is 2.81. The second-order valence-corrected chi connectivity index (χ2v) is 6.13. The third-order valence-electron chi connectivity index (χ3n) is 4.14. The van der Waals surface area contributed by atoms with Crippen molar-refractivity contribution in [2.24, 2.45) is 5.10 Å². The minimum Gasteiger partial charge on any atom is -0.346 e. The number of fused-ring (bicyclic) bond motifs is 1. The summed E-state index contributed by atoms with van der Waals surface area (Å²) < 4.78 is 3.05. The van der Waals surface area contributed by atoms with Crippen LogP contribution in [-0.4, -0.2) is 20.4 Å². The van der Waals surface area contributed by atoms with Gasteiger partial charge in [0, 0.05) is 23.0 Å². The van der Waals surface area contributed by atoms with E-state index in [1.807, 2.05) is 19.9 Å². The van der Waals surface area contributed by atoms with Gasteiger partial charge in [-0.05, 0) is 45.9 Å². The Morgan fingerprint density at radius 2 is 1.88 bits per heavy atom. The summed E-state index contributed by atoms with van der Waals surface area (Å²) >= 11 is 0. The van der Waals surface area contributed by atoms with E-state index in [1.165, 1.54) is 0 Å². The molecule has 3 rings (SSSR count). The van der Waals surface area contributed by atoms with Gasteiger partial charge in [-0.1, -0.05) is 12.1 Å². The van der Waals surface area contributed by atoms with Gasteiger partial charge in [-0.3, -0.25) is 4.79 Å². The Morgan fingerprint density at radius 3 is 2.54 bits per heavy atom. The molecule has 0 amide bonds. The average molecular weight is 324 g/mol. The summed E-state index contributed by atoms with van der Waals surface area (Å²) in [6, 6.07) is 9.23. The van der Waals surface area contributed by atoms with Gasteiger partial charge in [0.05, 0.1) is 17.1 Å². The minimum absolute atomic E-state index is 0.332. The molecule has 0 aliphatic rings. The largest absolute Gasteiger partial charge is 0.349 e. The lowest BCUT2D eigenvalue weighted by molar-refractivity contribution is 0.574. The zero-order valence-corrected chi connectivity index (χ0v) is 14.2. The Kier molecular flexibility index (Phi) is 3.97. The van der Waals surface area contributed by atoms with E-state index in [0.29, 0.717) is 16.9 Å². The summed E-state index contributed by atoms with van der Waals surface area (Å²) in [5, 5.41) is 4.55. The molecule has 2 heterocycles. The summed E-state index contributed by atoms with van der Waals surface area (Å²) in [6.07, 6.45) is 1.56. The number of nitrogens with zero attached hydrogens (tertiary/aromatic N) is 3. The van der Waals surface area contributed by atoms with E-state index in [1.54, 1.807) is 30.5 Å². The molecule has 24 heavy (non-hydrogen) atoms. The fourth-order valence-electron chi connectivity index (χ4n) is 3.11. The Hall–Kier alpha value is -2.89. The minimum atomic E-state index is -0.549. The standard InChI is InChI=1S/C18H20N4O2/c1-11(2)21-12(3)9-14(13(21)4)10-19-22-17(23)15-7-5-6-8-16(15)20-18(22)24/h5-11H,1-4H3,(H,20,24). The molecule has 6 heteroatoms. The summed E-state index contributed by atoms with van der Waals surface area (Å²) in [5.41, 5.74) is 2.59. The lowest BCUT2D eigenvalue weighted by Gasteiger charge is -2.13. The van der Waals surface area contributed by atoms with Crippen LogP contribution in [0.25, 0.3) is 10.9 Å². The summed E-state index contributed by atoms with van der Waals surface area (Å²) in [4.78, 5) is 27.3. The van der Waals surface area contributed by atoms with Crippen LogP contribution in [0.3, 0.4) is 0 Å². The number of hydrogen-bond acceptors (Lipinski definition) is 3. The summed E-state index contributed by atoms with van der Waals surface area (Å²) in [6.45, 7) is 8.25. The van der Waals surface area contributed by atoms with Crippen molar-refractivity contribution in [3.8, 4) is 0 Å². The van der Waals surface area contributed by atoms with Gasteiger partial charge >= 0.3 is 5.69 Å². The van der Waals surface area contributed by atoms with Gasteiger partial charge in [0.15, 0.2) is 0 Å². The van der Waals surface area contributed by atoms with Gasteiger partial charge < -0.3 is 9.55 Å². The van der Waals surface area contributed by atoms with Crippen LogP contribution in [0.2, 0.25) is 0 Å². The van der Waals surface area contributed by atoms with Gasteiger partial charge in [-0.2, -0.15) is 5.10 Å². The molecule has 0 saturated heterocycles. The summed E-state index contributed by atoms with van der Waals surface area (Å²) in [5.74, 6) is 0. The van der Waals surface area contributed by atoms with Crippen LogP contribution in [0.5, 0.6) is 0 Å². The lowest BCUT2D eigenvalue weighted by Crippen LogP contribution is -2.32. The van der Waals surface area contributed by atoms with Crippen LogP contribution in [0.1, 0.15) is 36.8 Å². The number of para-hydroxylation sites is 1. The van der Waals surface area contributed by atoms with Crippen LogP contribution in [0.4, 0.5) is 0 Å².